The Bertz CT molecular complexity index is 488. The number of carbonyl (C=O) groups excluding carboxylic acids is 1. The van der Waals surface area contributed by atoms with Crippen molar-refractivity contribution in [2.24, 2.45) is 0 Å². The quantitative estimate of drug-likeness (QED) is 0.801. The number of hydrogen-bond acceptors (Lipinski definition) is 4. The normalized spacial score (nSPS) is 22.9. The Kier molecular flexibility index (Phi) is 3.35. The SMILES string of the molecule is O=C1COc2ccc(F)cc2N1C[C@@H]1COCCO1. The highest BCUT2D eigenvalue weighted by molar-refractivity contribution is 5.97. The second-order valence-electron chi connectivity index (χ2n) is 4.47. The Balaban J connectivity index is 1.83. The summed E-state index contributed by atoms with van der Waals surface area (Å²) in [6.07, 6.45) is -0.188. The van der Waals surface area contributed by atoms with Crippen molar-refractivity contribution in [2.45, 2.75) is 6.10 Å². The zero-order valence-electron chi connectivity index (χ0n) is 10.3. The molecular formula is C13H14FNO4. The zero-order valence-corrected chi connectivity index (χ0v) is 10.3. The first-order valence-electron chi connectivity index (χ1n) is 6.16. The molecule has 0 radical (unpaired) electrons. The van der Waals surface area contributed by atoms with Gasteiger partial charge in [0.2, 0.25) is 0 Å². The minimum Gasteiger partial charge on any atom is -0.482 e. The number of amides is 1. The summed E-state index contributed by atoms with van der Waals surface area (Å²) >= 11 is 0. The molecule has 0 N–H and O–H groups in total. The Morgan fingerprint density at radius 1 is 1.37 bits per heavy atom. The van der Waals surface area contributed by atoms with Gasteiger partial charge in [0.15, 0.2) is 6.61 Å². The van der Waals surface area contributed by atoms with E-state index in [2.05, 4.69) is 0 Å². The fraction of sp³-hybridized carbons (Fsp3) is 0.462. The van der Waals surface area contributed by atoms with Crippen LogP contribution in [0.25, 0.3) is 0 Å². The van der Waals surface area contributed by atoms with E-state index in [1.807, 2.05) is 0 Å². The van der Waals surface area contributed by atoms with Crippen LogP contribution in [0.15, 0.2) is 18.2 Å². The molecule has 5 nitrogen and oxygen atoms in total. The summed E-state index contributed by atoms with van der Waals surface area (Å²) in [5.74, 6) is -0.0899. The van der Waals surface area contributed by atoms with E-state index in [0.29, 0.717) is 37.8 Å². The summed E-state index contributed by atoms with van der Waals surface area (Å²) in [5, 5.41) is 0. The van der Waals surface area contributed by atoms with Crippen molar-refractivity contribution in [1.29, 1.82) is 0 Å². The Morgan fingerprint density at radius 2 is 2.26 bits per heavy atom. The fourth-order valence-electron chi connectivity index (χ4n) is 2.22. The van der Waals surface area contributed by atoms with Gasteiger partial charge in [0.25, 0.3) is 5.91 Å². The molecular weight excluding hydrogens is 253 g/mol. The van der Waals surface area contributed by atoms with Crippen LogP contribution in [0.4, 0.5) is 10.1 Å². The average molecular weight is 267 g/mol. The molecule has 1 fully saturated rings. The van der Waals surface area contributed by atoms with Crippen LogP contribution < -0.4 is 9.64 Å². The van der Waals surface area contributed by atoms with Crippen LogP contribution in [-0.4, -0.2) is 45.0 Å². The molecule has 0 saturated carbocycles. The van der Waals surface area contributed by atoms with Crippen LogP contribution in [0.3, 0.4) is 0 Å². The third kappa shape index (κ3) is 2.54. The van der Waals surface area contributed by atoms with Gasteiger partial charge in [-0.3, -0.25) is 4.79 Å². The number of rotatable bonds is 2. The van der Waals surface area contributed by atoms with Crippen molar-refractivity contribution in [2.75, 3.05) is 37.9 Å². The van der Waals surface area contributed by atoms with Crippen LogP contribution in [0.1, 0.15) is 0 Å². The van der Waals surface area contributed by atoms with Crippen LogP contribution in [0.5, 0.6) is 5.75 Å². The maximum Gasteiger partial charge on any atom is 0.265 e. The van der Waals surface area contributed by atoms with Crippen LogP contribution in [0.2, 0.25) is 0 Å². The second-order valence-corrected chi connectivity index (χ2v) is 4.47. The molecule has 1 amide bonds. The Morgan fingerprint density at radius 3 is 3.05 bits per heavy atom. The van der Waals surface area contributed by atoms with Crippen molar-refractivity contribution in [1.82, 2.24) is 0 Å². The lowest BCUT2D eigenvalue weighted by Gasteiger charge is -2.33. The number of ether oxygens (including phenoxy) is 3. The van der Waals surface area contributed by atoms with E-state index >= 15 is 0 Å². The number of carbonyl (C=O) groups is 1. The predicted molar refractivity (Wildman–Crippen MR) is 64.8 cm³/mol. The van der Waals surface area contributed by atoms with Gasteiger partial charge in [-0.1, -0.05) is 0 Å². The van der Waals surface area contributed by atoms with E-state index in [1.54, 1.807) is 0 Å². The predicted octanol–water partition coefficient (Wildman–Crippen LogP) is 0.966. The lowest BCUT2D eigenvalue weighted by molar-refractivity contribution is -0.123. The molecule has 0 spiro atoms. The minimum atomic E-state index is -0.400. The molecule has 1 aromatic rings. The highest BCUT2D eigenvalue weighted by atomic mass is 19.1. The van der Waals surface area contributed by atoms with Crippen LogP contribution >= 0.6 is 0 Å². The van der Waals surface area contributed by atoms with E-state index in [0.717, 1.165) is 0 Å². The summed E-state index contributed by atoms with van der Waals surface area (Å²) in [4.78, 5) is 13.4. The first-order valence-corrected chi connectivity index (χ1v) is 6.16. The molecule has 2 aliphatic rings. The maximum absolute atomic E-state index is 13.3. The van der Waals surface area contributed by atoms with Crippen LogP contribution in [0, 0.1) is 5.82 Å². The summed E-state index contributed by atoms with van der Waals surface area (Å²) < 4.78 is 29.4. The summed E-state index contributed by atoms with van der Waals surface area (Å²) in [7, 11) is 0. The van der Waals surface area contributed by atoms with Gasteiger partial charge in [-0.15, -0.1) is 0 Å². The average Bonchev–Trinajstić information content (AvgIpc) is 2.43. The summed E-state index contributed by atoms with van der Waals surface area (Å²) in [5.41, 5.74) is 0.449. The number of benzene rings is 1. The van der Waals surface area contributed by atoms with Crippen molar-refractivity contribution in [3.8, 4) is 5.75 Å². The van der Waals surface area contributed by atoms with Crippen molar-refractivity contribution in [3.05, 3.63) is 24.0 Å². The molecule has 1 atom stereocenters. The van der Waals surface area contributed by atoms with Crippen molar-refractivity contribution < 1.29 is 23.4 Å². The first kappa shape index (κ1) is 12.4. The van der Waals surface area contributed by atoms with Gasteiger partial charge in [-0.25, -0.2) is 4.39 Å². The lowest BCUT2D eigenvalue weighted by atomic mass is 10.2. The molecule has 1 saturated heterocycles. The molecule has 2 heterocycles. The monoisotopic (exact) mass is 267 g/mol. The molecule has 1 aromatic carbocycles. The Hall–Kier alpha value is -1.66. The third-order valence-electron chi connectivity index (χ3n) is 3.14. The molecule has 2 aliphatic heterocycles. The standard InChI is InChI=1S/C13H14FNO4/c14-9-1-2-12-11(5-9)15(13(16)8-19-12)6-10-7-17-3-4-18-10/h1-2,5,10H,3-4,6-8H2/t10-/m1/s1. The van der Waals surface area contributed by atoms with Gasteiger partial charge in [0.05, 0.1) is 38.2 Å². The maximum atomic E-state index is 13.3. The van der Waals surface area contributed by atoms with Crippen LogP contribution in [-0.2, 0) is 14.3 Å². The number of fused-ring (bicyclic) bond motifs is 1. The fourth-order valence-corrected chi connectivity index (χ4v) is 2.22. The topological polar surface area (TPSA) is 48.0 Å². The summed E-state index contributed by atoms with van der Waals surface area (Å²) in [6, 6.07) is 4.14. The molecule has 0 bridgehead atoms. The Labute approximate surface area is 109 Å². The number of halogens is 1. The highest BCUT2D eigenvalue weighted by Gasteiger charge is 2.29. The first-order chi connectivity index (χ1) is 9.24. The molecule has 19 heavy (non-hydrogen) atoms. The molecule has 102 valence electrons. The molecule has 0 aliphatic carbocycles. The molecule has 0 aromatic heterocycles. The van der Waals surface area contributed by atoms with Gasteiger partial charge in [0.1, 0.15) is 11.6 Å². The molecule has 6 heteroatoms. The zero-order chi connectivity index (χ0) is 13.2. The van der Waals surface area contributed by atoms with Gasteiger partial charge in [-0.2, -0.15) is 0 Å². The van der Waals surface area contributed by atoms with Crippen molar-refractivity contribution >= 4 is 11.6 Å². The van der Waals surface area contributed by atoms with E-state index in [9.17, 15) is 9.18 Å². The number of anilines is 1. The van der Waals surface area contributed by atoms with E-state index < -0.39 is 5.82 Å². The number of nitrogens with zero attached hydrogens (tertiary/aromatic N) is 1. The molecule has 0 unspecified atom stereocenters. The van der Waals surface area contributed by atoms with Gasteiger partial charge in [0, 0.05) is 6.07 Å². The molecule has 3 rings (SSSR count). The lowest BCUT2D eigenvalue weighted by Crippen LogP contribution is -2.46. The van der Waals surface area contributed by atoms with E-state index in [4.69, 9.17) is 14.2 Å². The smallest absolute Gasteiger partial charge is 0.265 e. The van der Waals surface area contributed by atoms with Gasteiger partial charge >= 0.3 is 0 Å². The third-order valence-corrected chi connectivity index (χ3v) is 3.14. The van der Waals surface area contributed by atoms with E-state index in [1.165, 1.54) is 23.1 Å². The largest absolute Gasteiger partial charge is 0.482 e. The second kappa shape index (κ2) is 5.14. The number of hydrogen-bond donors (Lipinski definition) is 0. The minimum absolute atomic E-state index is 0.0355. The highest BCUT2D eigenvalue weighted by Crippen LogP contribution is 2.32. The van der Waals surface area contributed by atoms with Gasteiger partial charge < -0.3 is 19.1 Å². The van der Waals surface area contributed by atoms with Gasteiger partial charge in [-0.05, 0) is 12.1 Å². The summed E-state index contributed by atoms with van der Waals surface area (Å²) in [6.45, 7) is 1.83. The van der Waals surface area contributed by atoms with E-state index in [-0.39, 0.29) is 18.6 Å². The van der Waals surface area contributed by atoms with Crippen molar-refractivity contribution in [3.63, 3.8) is 0 Å².